The molecule has 1 rings (SSSR count). The van der Waals surface area contributed by atoms with Gasteiger partial charge in [0.05, 0.1) is 0 Å². The molecule has 0 saturated heterocycles. The van der Waals surface area contributed by atoms with Crippen LogP contribution in [0.15, 0.2) is 24.8 Å². The molecular weight excluding hydrogens is 132 g/mol. The highest BCUT2D eigenvalue weighted by Gasteiger charge is 2.21. The fourth-order valence-corrected chi connectivity index (χ4v) is 1.92. The predicted octanol–water partition coefficient (Wildman–Crippen LogP) is 3.55. The van der Waals surface area contributed by atoms with E-state index in [0.29, 0.717) is 0 Å². The summed E-state index contributed by atoms with van der Waals surface area (Å²) in [5, 5.41) is 0. The molecule has 1 fully saturated rings. The molecule has 2 atom stereocenters. The monoisotopic (exact) mass is 150 g/mol. The van der Waals surface area contributed by atoms with Crippen molar-refractivity contribution in [2.24, 2.45) is 11.8 Å². The fraction of sp³-hybridized carbons (Fsp3) is 0.636. The molecule has 0 amide bonds. The van der Waals surface area contributed by atoms with E-state index in [0.717, 1.165) is 11.8 Å². The Morgan fingerprint density at radius 2 is 2.27 bits per heavy atom. The lowest BCUT2D eigenvalue weighted by Gasteiger charge is -2.11. The van der Waals surface area contributed by atoms with Crippen LogP contribution >= 0.6 is 0 Å². The molecule has 11 heavy (non-hydrogen) atoms. The molecule has 0 radical (unpaired) electrons. The van der Waals surface area contributed by atoms with Gasteiger partial charge in [-0.3, -0.25) is 0 Å². The van der Waals surface area contributed by atoms with Crippen LogP contribution in [0.5, 0.6) is 0 Å². The van der Waals surface area contributed by atoms with E-state index in [1.165, 1.54) is 25.7 Å². The van der Waals surface area contributed by atoms with Crippen LogP contribution in [-0.2, 0) is 0 Å². The summed E-state index contributed by atoms with van der Waals surface area (Å²) in [5.41, 5.74) is 0. The van der Waals surface area contributed by atoms with Gasteiger partial charge < -0.3 is 0 Å². The number of hydrogen-bond donors (Lipinski definition) is 0. The zero-order chi connectivity index (χ0) is 8.10. The average molecular weight is 150 g/mol. The molecule has 0 heterocycles. The summed E-state index contributed by atoms with van der Waals surface area (Å²) in [7, 11) is 0. The summed E-state index contributed by atoms with van der Waals surface area (Å²) in [6, 6.07) is 0. The molecule has 1 saturated carbocycles. The maximum atomic E-state index is 3.66. The lowest BCUT2D eigenvalue weighted by atomic mass is 9.95. The van der Waals surface area contributed by atoms with Gasteiger partial charge >= 0.3 is 0 Å². The first-order valence-corrected chi connectivity index (χ1v) is 4.62. The second kappa shape index (κ2) is 4.38. The van der Waals surface area contributed by atoms with Gasteiger partial charge in [-0.1, -0.05) is 44.6 Å². The Morgan fingerprint density at radius 1 is 1.45 bits per heavy atom. The van der Waals surface area contributed by atoms with E-state index in [-0.39, 0.29) is 0 Å². The van der Waals surface area contributed by atoms with Crippen LogP contribution < -0.4 is 0 Å². The SMILES string of the molecule is C=CC=CCC1CCCC1C. The highest BCUT2D eigenvalue weighted by molar-refractivity contribution is 4.98. The first-order chi connectivity index (χ1) is 5.34. The Kier molecular flexibility index (Phi) is 3.41. The van der Waals surface area contributed by atoms with E-state index in [4.69, 9.17) is 0 Å². The lowest BCUT2D eigenvalue weighted by Crippen LogP contribution is -2.01. The zero-order valence-corrected chi connectivity index (χ0v) is 7.42. The molecule has 62 valence electrons. The van der Waals surface area contributed by atoms with E-state index in [1.54, 1.807) is 0 Å². The largest absolute Gasteiger partial charge is 0.0991 e. The summed E-state index contributed by atoms with van der Waals surface area (Å²) in [6.45, 7) is 6.03. The molecule has 0 N–H and O–H groups in total. The third-order valence-electron chi connectivity index (χ3n) is 2.75. The quantitative estimate of drug-likeness (QED) is 0.540. The van der Waals surface area contributed by atoms with Gasteiger partial charge in [0.25, 0.3) is 0 Å². The average Bonchev–Trinajstić information content (AvgIpc) is 2.37. The van der Waals surface area contributed by atoms with Crippen molar-refractivity contribution in [2.75, 3.05) is 0 Å². The molecule has 0 aromatic carbocycles. The van der Waals surface area contributed by atoms with Crippen LogP contribution in [0.1, 0.15) is 32.6 Å². The highest BCUT2D eigenvalue weighted by Crippen LogP contribution is 2.33. The van der Waals surface area contributed by atoms with Crippen molar-refractivity contribution in [3.05, 3.63) is 24.8 Å². The molecule has 0 bridgehead atoms. The van der Waals surface area contributed by atoms with Gasteiger partial charge in [-0.2, -0.15) is 0 Å². The highest BCUT2D eigenvalue weighted by atomic mass is 14.3. The summed E-state index contributed by atoms with van der Waals surface area (Å²) in [4.78, 5) is 0. The van der Waals surface area contributed by atoms with Crippen LogP contribution in [0.25, 0.3) is 0 Å². The van der Waals surface area contributed by atoms with Crippen LogP contribution in [0.4, 0.5) is 0 Å². The second-order valence-corrected chi connectivity index (χ2v) is 3.57. The Balaban J connectivity index is 2.25. The van der Waals surface area contributed by atoms with Crippen LogP contribution in [0, 0.1) is 11.8 Å². The number of allylic oxidation sites excluding steroid dienone is 3. The normalized spacial score (nSPS) is 31.4. The van der Waals surface area contributed by atoms with Crippen molar-refractivity contribution < 1.29 is 0 Å². The summed E-state index contributed by atoms with van der Waals surface area (Å²) < 4.78 is 0. The van der Waals surface area contributed by atoms with Crippen molar-refractivity contribution in [1.29, 1.82) is 0 Å². The number of rotatable bonds is 3. The fourth-order valence-electron chi connectivity index (χ4n) is 1.92. The maximum absolute atomic E-state index is 3.66. The minimum Gasteiger partial charge on any atom is -0.0991 e. The van der Waals surface area contributed by atoms with Crippen molar-refractivity contribution in [1.82, 2.24) is 0 Å². The first kappa shape index (κ1) is 8.58. The molecule has 0 spiro atoms. The van der Waals surface area contributed by atoms with Crippen molar-refractivity contribution >= 4 is 0 Å². The van der Waals surface area contributed by atoms with E-state index in [2.05, 4.69) is 25.7 Å². The van der Waals surface area contributed by atoms with Gasteiger partial charge in [-0.15, -0.1) is 0 Å². The minimum atomic E-state index is 0.949. The molecule has 0 aromatic heterocycles. The third kappa shape index (κ3) is 2.53. The molecule has 2 unspecified atom stereocenters. The summed E-state index contributed by atoms with van der Waals surface area (Å²) in [6.07, 6.45) is 11.7. The van der Waals surface area contributed by atoms with Crippen molar-refractivity contribution in [3.63, 3.8) is 0 Å². The van der Waals surface area contributed by atoms with Crippen LogP contribution in [0.2, 0.25) is 0 Å². The summed E-state index contributed by atoms with van der Waals surface area (Å²) in [5.74, 6) is 1.90. The number of hydrogen-bond acceptors (Lipinski definition) is 0. The summed E-state index contributed by atoms with van der Waals surface area (Å²) >= 11 is 0. The molecule has 0 aliphatic heterocycles. The molecular formula is C11H18. The van der Waals surface area contributed by atoms with Crippen LogP contribution in [-0.4, -0.2) is 0 Å². The van der Waals surface area contributed by atoms with Crippen molar-refractivity contribution in [2.45, 2.75) is 32.6 Å². The zero-order valence-electron chi connectivity index (χ0n) is 7.42. The van der Waals surface area contributed by atoms with Gasteiger partial charge in [-0.25, -0.2) is 0 Å². The molecule has 0 heteroatoms. The van der Waals surface area contributed by atoms with Gasteiger partial charge in [0.2, 0.25) is 0 Å². The molecule has 1 aliphatic carbocycles. The van der Waals surface area contributed by atoms with Crippen molar-refractivity contribution in [3.8, 4) is 0 Å². The topological polar surface area (TPSA) is 0 Å². The Labute approximate surface area is 70.0 Å². The second-order valence-electron chi connectivity index (χ2n) is 3.57. The van der Waals surface area contributed by atoms with E-state index in [9.17, 15) is 0 Å². The predicted molar refractivity (Wildman–Crippen MR) is 50.5 cm³/mol. The molecule has 0 nitrogen and oxygen atoms in total. The van der Waals surface area contributed by atoms with Gasteiger partial charge in [0.15, 0.2) is 0 Å². The van der Waals surface area contributed by atoms with E-state index >= 15 is 0 Å². The van der Waals surface area contributed by atoms with Gasteiger partial charge in [0, 0.05) is 0 Å². The standard InChI is InChI=1S/C11H18/c1-3-4-5-8-11-9-6-7-10(11)2/h3-5,10-11H,1,6-9H2,2H3. The minimum absolute atomic E-state index is 0.949. The Morgan fingerprint density at radius 3 is 2.82 bits per heavy atom. The third-order valence-corrected chi connectivity index (χ3v) is 2.75. The lowest BCUT2D eigenvalue weighted by molar-refractivity contribution is 0.424. The van der Waals surface area contributed by atoms with Crippen LogP contribution in [0.3, 0.4) is 0 Å². The Bertz CT molecular complexity index is 144. The maximum Gasteiger partial charge on any atom is -0.0317 e. The first-order valence-electron chi connectivity index (χ1n) is 4.62. The molecule has 1 aliphatic rings. The van der Waals surface area contributed by atoms with E-state index < -0.39 is 0 Å². The Hall–Kier alpha value is -0.520. The van der Waals surface area contributed by atoms with Gasteiger partial charge in [0.1, 0.15) is 0 Å². The van der Waals surface area contributed by atoms with E-state index in [1.807, 2.05) is 6.08 Å². The smallest absolute Gasteiger partial charge is 0.0317 e. The molecule has 0 aromatic rings. The van der Waals surface area contributed by atoms with Gasteiger partial charge in [-0.05, 0) is 24.7 Å².